The molecule has 0 aliphatic carbocycles. The van der Waals surface area contributed by atoms with Gasteiger partial charge in [-0.25, -0.2) is 4.68 Å². The monoisotopic (exact) mass is 402 g/mol. The van der Waals surface area contributed by atoms with Gasteiger partial charge >= 0.3 is 0 Å². The molecule has 1 N–H and O–H groups in total. The van der Waals surface area contributed by atoms with Crippen LogP contribution in [0.4, 0.5) is 5.69 Å². The molecule has 1 saturated heterocycles. The average molecular weight is 402 g/mol. The SMILES string of the molecule is Cc1ccc(CNC(=O)C2CCN(c3cnn(Cc4ccccc4)c(=O)c3)C2)cc1. The van der Waals surface area contributed by atoms with Gasteiger partial charge in [0.2, 0.25) is 5.91 Å². The number of rotatable bonds is 6. The summed E-state index contributed by atoms with van der Waals surface area (Å²) in [5.41, 5.74) is 3.97. The minimum absolute atomic E-state index is 0.0588. The zero-order valence-corrected chi connectivity index (χ0v) is 17.1. The highest BCUT2D eigenvalue weighted by Gasteiger charge is 2.28. The Morgan fingerprint density at radius 2 is 1.87 bits per heavy atom. The number of carbonyl (C=O) groups is 1. The largest absolute Gasteiger partial charge is 0.369 e. The topological polar surface area (TPSA) is 67.2 Å². The fourth-order valence-electron chi connectivity index (χ4n) is 3.72. The fraction of sp³-hybridized carbons (Fsp3) is 0.292. The van der Waals surface area contributed by atoms with E-state index in [0.29, 0.717) is 19.6 Å². The Bertz CT molecular complexity index is 1060. The molecular formula is C24H26N4O2. The van der Waals surface area contributed by atoms with Gasteiger partial charge < -0.3 is 10.2 Å². The Balaban J connectivity index is 1.34. The third kappa shape index (κ3) is 4.76. The highest BCUT2D eigenvalue weighted by atomic mass is 16.2. The molecule has 6 heteroatoms. The lowest BCUT2D eigenvalue weighted by Crippen LogP contribution is -2.33. The number of carbonyl (C=O) groups excluding carboxylic acids is 1. The molecule has 0 radical (unpaired) electrons. The van der Waals surface area contributed by atoms with Crippen LogP contribution in [0.25, 0.3) is 0 Å². The number of nitrogens with one attached hydrogen (secondary N) is 1. The first kappa shape index (κ1) is 19.9. The first-order chi connectivity index (χ1) is 14.6. The molecular weight excluding hydrogens is 376 g/mol. The second kappa shape index (κ2) is 8.95. The maximum absolute atomic E-state index is 12.6. The predicted molar refractivity (Wildman–Crippen MR) is 117 cm³/mol. The van der Waals surface area contributed by atoms with Gasteiger partial charge in [-0.1, -0.05) is 60.2 Å². The second-order valence-electron chi connectivity index (χ2n) is 7.83. The smallest absolute Gasteiger partial charge is 0.269 e. The van der Waals surface area contributed by atoms with Gasteiger partial charge in [-0.2, -0.15) is 5.10 Å². The summed E-state index contributed by atoms with van der Waals surface area (Å²) >= 11 is 0. The molecule has 0 saturated carbocycles. The van der Waals surface area contributed by atoms with Gasteiger partial charge in [0.25, 0.3) is 5.56 Å². The minimum atomic E-state index is -0.136. The van der Waals surface area contributed by atoms with E-state index >= 15 is 0 Å². The molecule has 6 nitrogen and oxygen atoms in total. The number of hydrogen-bond donors (Lipinski definition) is 1. The first-order valence-electron chi connectivity index (χ1n) is 10.3. The summed E-state index contributed by atoms with van der Waals surface area (Å²) in [7, 11) is 0. The van der Waals surface area contributed by atoms with E-state index in [-0.39, 0.29) is 17.4 Å². The van der Waals surface area contributed by atoms with Crippen molar-refractivity contribution >= 4 is 11.6 Å². The van der Waals surface area contributed by atoms with Gasteiger partial charge in [0.15, 0.2) is 0 Å². The molecule has 1 amide bonds. The van der Waals surface area contributed by atoms with Crippen molar-refractivity contribution in [3.05, 3.63) is 93.9 Å². The molecule has 2 heterocycles. The maximum atomic E-state index is 12.6. The summed E-state index contributed by atoms with van der Waals surface area (Å²) in [4.78, 5) is 27.1. The summed E-state index contributed by atoms with van der Waals surface area (Å²) in [6.45, 7) is 4.37. The van der Waals surface area contributed by atoms with E-state index < -0.39 is 0 Å². The number of anilines is 1. The normalized spacial score (nSPS) is 15.9. The molecule has 1 fully saturated rings. The van der Waals surface area contributed by atoms with Crippen LogP contribution in [0.2, 0.25) is 0 Å². The quantitative estimate of drug-likeness (QED) is 0.689. The van der Waals surface area contributed by atoms with Gasteiger partial charge in [0.05, 0.1) is 24.3 Å². The lowest BCUT2D eigenvalue weighted by molar-refractivity contribution is -0.124. The van der Waals surface area contributed by atoms with E-state index in [2.05, 4.69) is 15.3 Å². The third-order valence-electron chi connectivity index (χ3n) is 5.54. The van der Waals surface area contributed by atoms with Crippen molar-refractivity contribution in [3.63, 3.8) is 0 Å². The molecule has 30 heavy (non-hydrogen) atoms. The van der Waals surface area contributed by atoms with Crippen molar-refractivity contribution in [1.29, 1.82) is 0 Å². The van der Waals surface area contributed by atoms with Crippen molar-refractivity contribution in [2.24, 2.45) is 5.92 Å². The van der Waals surface area contributed by atoms with Crippen LogP contribution in [0.1, 0.15) is 23.1 Å². The summed E-state index contributed by atoms with van der Waals surface area (Å²) in [5, 5.41) is 7.37. The van der Waals surface area contributed by atoms with Crippen molar-refractivity contribution in [2.45, 2.75) is 26.4 Å². The van der Waals surface area contributed by atoms with Crippen molar-refractivity contribution in [2.75, 3.05) is 18.0 Å². The van der Waals surface area contributed by atoms with Gasteiger partial charge in [-0.05, 0) is 24.5 Å². The summed E-state index contributed by atoms with van der Waals surface area (Å²) < 4.78 is 1.46. The van der Waals surface area contributed by atoms with E-state index in [1.54, 1.807) is 12.3 Å². The van der Waals surface area contributed by atoms with Gasteiger partial charge in [-0.15, -0.1) is 0 Å². The molecule has 2 aromatic carbocycles. The molecule has 1 atom stereocenters. The fourth-order valence-corrected chi connectivity index (χ4v) is 3.72. The third-order valence-corrected chi connectivity index (χ3v) is 5.54. The Morgan fingerprint density at radius 1 is 1.10 bits per heavy atom. The van der Waals surface area contributed by atoms with Crippen LogP contribution < -0.4 is 15.8 Å². The molecule has 154 valence electrons. The van der Waals surface area contributed by atoms with Crippen LogP contribution in [0.15, 0.2) is 71.7 Å². The molecule has 1 aromatic heterocycles. The van der Waals surface area contributed by atoms with E-state index in [9.17, 15) is 9.59 Å². The van der Waals surface area contributed by atoms with E-state index in [1.807, 2.05) is 61.5 Å². The van der Waals surface area contributed by atoms with Crippen LogP contribution in [-0.4, -0.2) is 28.8 Å². The average Bonchev–Trinajstić information content (AvgIpc) is 3.26. The zero-order valence-electron chi connectivity index (χ0n) is 17.1. The number of nitrogens with zero attached hydrogens (tertiary/aromatic N) is 3. The Labute approximate surface area is 176 Å². The van der Waals surface area contributed by atoms with Crippen molar-refractivity contribution in [1.82, 2.24) is 15.1 Å². The number of hydrogen-bond acceptors (Lipinski definition) is 4. The summed E-state index contributed by atoms with van der Waals surface area (Å²) in [6.07, 6.45) is 2.49. The van der Waals surface area contributed by atoms with Crippen LogP contribution in [0.3, 0.4) is 0 Å². The predicted octanol–water partition coefficient (Wildman–Crippen LogP) is 2.74. The molecule has 0 spiro atoms. The number of benzene rings is 2. The molecule has 4 rings (SSSR count). The van der Waals surface area contributed by atoms with Crippen molar-refractivity contribution in [3.8, 4) is 0 Å². The van der Waals surface area contributed by atoms with Crippen molar-refractivity contribution < 1.29 is 4.79 Å². The molecule has 0 bridgehead atoms. The van der Waals surface area contributed by atoms with Gasteiger partial charge in [-0.3, -0.25) is 9.59 Å². The van der Waals surface area contributed by atoms with E-state index in [4.69, 9.17) is 0 Å². The van der Waals surface area contributed by atoms with E-state index in [0.717, 1.165) is 29.8 Å². The maximum Gasteiger partial charge on any atom is 0.269 e. The molecule has 3 aromatic rings. The second-order valence-corrected chi connectivity index (χ2v) is 7.83. The number of aryl methyl sites for hydroxylation is 1. The standard InChI is InChI=1S/C24H26N4O2/c1-18-7-9-19(10-8-18)14-25-24(30)21-11-12-27(17-21)22-13-23(29)28(26-15-22)16-20-5-3-2-4-6-20/h2-10,13,15,21H,11-12,14,16-17H2,1H3,(H,25,30). The highest BCUT2D eigenvalue weighted by Crippen LogP contribution is 2.22. The highest BCUT2D eigenvalue weighted by molar-refractivity contribution is 5.80. The first-order valence-corrected chi connectivity index (χ1v) is 10.3. The summed E-state index contributed by atoms with van der Waals surface area (Å²) in [5.74, 6) is -0.0225. The zero-order chi connectivity index (χ0) is 20.9. The van der Waals surface area contributed by atoms with Crippen LogP contribution in [0.5, 0.6) is 0 Å². The molecule has 1 aliphatic rings. The van der Waals surface area contributed by atoms with E-state index in [1.165, 1.54) is 10.2 Å². The minimum Gasteiger partial charge on any atom is -0.369 e. The Kier molecular flexibility index (Phi) is 5.93. The molecule has 1 unspecified atom stereocenters. The van der Waals surface area contributed by atoms with Crippen LogP contribution >= 0.6 is 0 Å². The number of aromatic nitrogens is 2. The van der Waals surface area contributed by atoms with Gasteiger partial charge in [0.1, 0.15) is 0 Å². The summed E-state index contributed by atoms with van der Waals surface area (Å²) in [6, 6.07) is 19.6. The Morgan fingerprint density at radius 3 is 2.60 bits per heavy atom. The lowest BCUT2D eigenvalue weighted by atomic mass is 10.1. The van der Waals surface area contributed by atoms with Crippen LogP contribution in [-0.2, 0) is 17.9 Å². The van der Waals surface area contributed by atoms with Crippen LogP contribution in [0, 0.1) is 12.8 Å². The number of amides is 1. The Hall–Kier alpha value is -3.41. The molecule has 1 aliphatic heterocycles. The lowest BCUT2D eigenvalue weighted by Gasteiger charge is -2.18. The van der Waals surface area contributed by atoms with Gasteiger partial charge in [0, 0.05) is 25.7 Å².